The molecule has 0 radical (unpaired) electrons. The van der Waals surface area contributed by atoms with Crippen molar-refractivity contribution >= 4 is 0 Å². The summed E-state index contributed by atoms with van der Waals surface area (Å²) >= 11 is 0. The highest BCUT2D eigenvalue weighted by Gasteiger charge is 2.39. The Labute approximate surface area is 147 Å². The largest absolute Gasteiger partial charge is 0.394 e. The molecule has 3 rings (SSSR count). The molecule has 5 heteroatoms. The monoisotopic (exact) mass is 344 g/mol. The lowest BCUT2D eigenvalue weighted by Crippen LogP contribution is -2.51. The summed E-state index contributed by atoms with van der Waals surface area (Å²) in [6.45, 7) is 0.621. The van der Waals surface area contributed by atoms with Crippen LogP contribution in [0.4, 0.5) is 0 Å². The van der Waals surface area contributed by atoms with Crippen molar-refractivity contribution in [3.8, 4) is 0 Å². The van der Waals surface area contributed by atoms with E-state index in [1.165, 1.54) is 0 Å². The molecule has 4 atom stereocenters. The SMILES string of the molecule is OC[C@@H]1C[C@H](OCc2ccccc2)[C@@H](OCc2ccccc2)[C@@H](O)O1. The van der Waals surface area contributed by atoms with Crippen LogP contribution in [0.5, 0.6) is 0 Å². The molecule has 2 aromatic rings. The molecule has 2 N–H and O–H groups in total. The molecule has 0 saturated carbocycles. The molecule has 0 unspecified atom stereocenters. The van der Waals surface area contributed by atoms with Crippen LogP contribution in [0.3, 0.4) is 0 Å². The van der Waals surface area contributed by atoms with Crippen molar-refractivity contribution in [1.82, 2.24) is 0 Å². The van der Waals surface area contributed by atoms with Gasteiger partial charge in [-0.1, -0.05) is 60.7 Å². The van der Waals surface area contributed by atoms with Gasteiger partial charge in [-0.15, -0.1) is 0 Å². The Morgan fingerprint density at radius 3 is 2.00 bits per heavy atom. The molecule has 2 aromatic carbocycles. The van der Waals surface area contributed by atoms with Gasteiger partial charge in [-0.2, -0.15) is 0 Å². The second-order valence-electron chi connectivity index (χ2n) is 6.16. The third kappa shape index (κ3) is 5.11. The van der Waals surface area contributed by atoms with E-state index in [0.717, 1.165) is 11.1 Å². The predicted molar refractivity (Wildman–Crippen MR) is 92.6 cm³/mol. The summed E-state index contributed by atoms with van der Waals surface area (Å²) in [6, 6.07) is 19.6. The van der Waals surface area contributed by atoms with Crippen LogP contribution in [-0.2, 0) is 27.4 Å². The van der Waals surface area contributed by atoms with E-state index < -0.39 is 18.5 Å². The maximum atomic E-state index is 10.3. The van der Waals surface area contributed by atoms with Gasteiger partial charge in [0, 0.05) is 6.42 Å². The molecule has 1 fully saturated rings. The van der Waals surface area contributed by atoms with E-state index in [4.69, 9.17) is 14.2 Å². The van der Waals surface area contributed by atoms with Crippen LogP contribution in [0.15, 0.2) is 60.7 Å². The van der Waals surface area contributed by atoms with Gasteiger partial charge in [0.25, 0.3) is 0 Å². The molecule has 0 aliphatic carbocycles. The summed E-state index contributed by atoms with van der Waals surface area (Å²) in [5.74, 6) is 0. The number of ether oxygens (including phenoxy) is 3. The molecule has 1 heterocycles. The first kappa shape index (κ1) is 18.0. The van der Waals surface area contributed by atoms with Crippen LogP contribution in [0.2, 0.25) is 0 Å². The Kier molecular flexibility index (Phi) is 6.55. The summed E-state index contributed by atoms with van der Waals surface area (Å²) in [6.07, 6.45) is -2.07. The Morgan fingerprint density at radius 2 is 1.44 bits per heavy atom. The molecule has 5 nitrogen and oxygen atoms in total. The van der Waals surface area contributed by atoms with Crippen LogP contribution in [0.1, 0.15) is 17.5 Å². The van der Waals surface area contributed by atoms with Crippen LogP contribution < -0.4 is 0 Å². The van der Waals surface area contributed by atoms with Crippen molar-refractivity contribution in [2.45, 2.75) is 44.2 Å². The molecule has 25 heavy (non-hydrogen) atoms. The van der Waals surface area contributed by atoms with Crippen molar-refractivity contribution < 1.29 is 24.4 Å². The van der Waals surface area contributed by atoms with Crippen LogP contribution in [0.25, 0.3) is 0 Å². The van der Waals surface area contributed by atoms with Gasteiger partial charge in [0.1, 0.15) is 6.10 Å². The first-order valence-corrected chi connectivity index (χ1v) is 8.51. The smallest absolute Gasteiger partial charge is 0.184 e. The second-order valence-corrected chi connectivity index (χ2v) is 6.16. The number of benzene rings is 2. The van der Waals surface area contributed by atoms with E-state index in [2.05, 4.69) is 0 Å². The zero-order valence-electron chi connectivity index (χ0n) is 14.0. The number of hydrogen-bond donors (Lipinski definition) is 2. The van der Waals surface area contributed by atoms with E-state index in [1.54, 1.807) is 0 Å². The molecular formula is C20H24O5. The van der Waals surface area contributed by atoms with E-state index >= 15 is 0 Å². The Bertz CT molecular complexity index is 618. The van der Waals surface area contributed by atoms with Crippen LogP contribution in [-0.4, -0.2) is 41.4 Å². The summed E-state index contributed by atoms with van der Waals surface area (Å²) in [5.41, 5.74) is 2.06. The van der Waals surface area contributed by atoms with Gasteiger partial charge in [0.05, 0.1) is 32.0 Å². The molecule has 1 aliphatic rings. The van der Waals surface area contributed by atoms with Crippen molar-refractivity contribution in [2.75, 3.05) is 6.61 Å². The van der Waals surface area contributed by atoms with E-state index in [0.29, 0.717) is 19.6 Å². The minimum Gasteiger partial charge on any atom is -0.394 e. The summed E-state index contributed by atoms with van der Waals surface area (Å²) in [5, 5.41) is 19.7. The second kappa shape index (κ2) is 9.08. The van der Waals surface area contributed by atoms with Crippen molar-refractivity contribution in [3.05, 3.63) is 71.8 Å². The van der Waals surface area contributed by atoms with Gasteiger partial charge in [0.2, 0.25) is 0 Å². The third-order valence-corrected chi connectivity index (χ3v) is 4.27. The molecule has 0 aromatic heterocycles. The molecular weight excluding hydrogens is 320 g/mol. The average Bonchev–Trinajstić information content (AvgIpc) is 2.67. The minimum atomic E-state index is -1.13. The van der Waals surface area contributed by atoms with Crippen LogP contribution >= 0.6 is 0 Å². The van der Waals surface area contributed by atoms with E-state index in [-0.39, 0.29) is 12.7 Å². The Balaban J connectivity index is 1.63. The summed E-state index contributed by atoms with van der Waals surface area (Å²) in [4.78, 5) is 0. The molecule has 1 aliphatic heterocycles. The fraction of sp³-hybridized carbons (Fsp3) is 0.400. The number of aliphatic hydroxyl groups is 2. The maximum Gasteiger partial charge on any atom is 0.184 e. The van der Waals surface area contributed by atoms with Gasteiger partial charge >= 0.3 is 0 Å². The number of rotatable bonds is 7. The van der Waals surface area contributed by atoms with Crippen LogP contribution in [0, 0.1) is 0 Å². The maximum absolute atomic E-state index is 10.3. The molecule has 134 valence electrons. The highest BCUT2D eigenvalue weighted by atomic mass is 16.7. The first-order chi connectivity index (χ1) is 12.3. The lowest BCUT2D eigenvalue weighted by Gasteiger charge is -2.38. The zero-order valence-corrected chi connectivity index (χ0v) is 14.0. The average molecular weight is 344 g/mol. The van der Waals surface area contributed by atoms with Gasteiger partial charge in [-0.3, -0.25) is 0 Å². The number of hydrogen-bond acceptors (Lipinski definition) is 5. The standard InChI is InChI=1S/C20H24O5/c21-12-17-11-18(23-13-15-7-3-1-4-8-15)19(20(22)25-17)24-14-16-9-5-2-6-10-16/h1-10,17-22H,11-14H2/t17-,18-,19+,20-/m0/s1. The minimum absolute atomic E-state index is 0.159. The fourth-order valence-electron chi connectivity index (χ4n) is 2.92. The van der Waals surface area contributed by atoms with Gasteiger partial charge in [-0.05, 0) is 11.1 Å². The van der Waals surface area contributed by atoms with Gasteiger partial charge in [-0.25, -0.2) is 0 Å². The van der Waals surface area contributed by atoms with E-state index in [9.17, 15) is 10.2 Å². The molecule has 0 bridgehead atoms. The highest BCUT2D eigenvalue weighted by Crippen LogP contribution is 2.26. The fourth-order valence-corrected chi connectivity index (χ4v) is 2.92. The zero-order chi connectivity index (χ0) is 17.5. The van der Waals surface area contributed by atoms with E-state index in [1.807, 2.05) is 60.7 Å². The Hall–Kier alpha value is -1.76. The topological polar surface area (TPSA) is 68.2 Å². The summed E-state index contributed by atoms with van der Waals surface area (Å²) < 4.78 is 17.3. The third-order valence-electron chi connectivity index (χ3n) is 4.27. The van der Waals surface area contributed by atoms with Crippen molar-refractivity contribution in [2.24, 2.45) is 0 Å². The normalized spacial score (nSPS) is 26.5. The quantitative estimate of drug-likeness (QED) is 0.806. The predicted octanol–water partition coefficient (Wildman–Crippen LogP) is 2.26. The van der Waals surface area contributed by atoms with Gasteiger partial charge in [0.15, 0.2) is 6.29 Å². The van der Waals surface area contributed by atoms with Gasteiger partial charge < -0.3 is 24.4 Å². The first-order valence-electron chi connectivity index (χ1n) is 8.51. The Morgan fingerprint density at radius 1 is 0.880 bits per heavy atom. The summed E-state index contributed by atoms with van der Waals surface area (Å²) in [7, 11) is 0. The lowest BCUT2D eigenvalue weighted by molar-refractivity contribution is -0.275. The highest BCUT2D eigenvalue weighted by molar-refractivity contribution is 5.14. The molecule has 1 saturated heterocycles. The van der Waals surface area contributed by atoms with Crippen molar-refractivity contribution in [3.63, 3.8) is 0 Å². The van der Waals surface area contributed by atoms with Crippen molar-refractivity contribution in [1.29, 1.82) is 0 Å². The molecule has 0 spiro atoms. The number of aliphatic hydroxyl groups excluding tert-OH is 2. The lowest BCUT2D eigenvalue weighted by atomic mass is 10.0. The molecule has 0 amide bonds.